The fourth-order valence-corrected chi connectivity index (χ4v) is 5.11. The second-order valence-corrected chi connectivity index (χ2v) is 9.76. The lowest BCUT2D eigenvalue weighted by Crippen LogP contribution is -2.58. The van der Waals surface area contributed by atoms with E-state index in [1.807, 2.05) is 36.4 Å². The number of ketones is 2. The Balaban J connectivity index is 2.00. The number of halogens is 2. The van der Waals surface area contributed by atoms with Crippen LogP contribution in [-0.2, 0) is 14.3 Å². The lowest BCUT2D eigenvalue weighted by molar-refractivity contribution is -0.184. The molecule has 0 amide bonds. The van der Waals surface area contributed by atoms with Crippen LogP contribution >= 0.6 is 23.2 Å². The molecule has 1 heterocycles. The van der Waals surface area contributed by atoms with Crippen molar-refractivity contribution in [1.29, 1.82) is 0 Å². The summed E-state index contributed by atoms with van der Waals surface area (Å²) in [4.78, 5) is 26.8. The molecule has 1 aliphatic carbocycles. The van der Waals surface area contributed by atoms with E-state index in [1.165, 1.54) is 0 Å². The van der Waals surface area contributed by atoms with Gasteiger partial charge in [-0.2, -0.15) is 0 Å². The molecule has 2 aliphatic rings. The molecule has 2 fully saturated rings. The monoisotopic (exact) mass is 430 g/mol. The quantitative estimate of drug-likeness (QED) is 0.532. The highest BCUT2D eigenvalue weighted by molar-refractivity contribution is 6.38. The topological polar surface area (TPSA) is 43.4 Å². The first-order valence-electron chi connectivity index (χ1n) is 9.90. The Labute approximate surface area is 181 Å². The number of hydrogen-bond acceptors (Lipinski definition) is 3. The van der Waals surface area contributed by atoms with E-state index in [0.29, 0.717) is 15.6 Å². The fraction of sp³-hybridized carbons (Fsp3) is 0.417. The van der Waals surface area contributed by atoms with Crippen molar-refractivity contribution in [3.05, 3.63) is 57.6 Å². The van der Waals surface area contributed by atoms with Crippen molar-refractivity contribution < 1.29 is 14.3 Å². The maximum Gasteiger partial charge on any atom is 0.179 e. The van der Waals surface area contributed by atoms with Crippen LogP contribution in [0.5, 0.6) is 0 Å². The van der Waals surface area contributed by atoms with Gasteiger partial charge in [0.25, 0.3) is 0 Å². The van der Waals surface area contributed by atoms with Crippen molar-refractivity contribution in [3.63, 3.8) is 0 Å². The molecule has 3 nitrogen and oxygen atoms in total. The SMILES string of the molecule is CC1(C)OC(C)(C)C(=O)C(c2c(Cl)c(-c3ccccc3)cc(Cl)c2C2CC2)C1=O. The first kappa shape index (κ1) is 20.6. The lowest BCUT2D eigenvalue weighted by atomic mass is 9.73. The Hall–Kier alpha value is -1.68. The lowest BCUT2D eigenvalue weighted by Gasteiger charge is -2.43. The summed E-state index contributed by atoms with van der Waals surface area (Å²) in [5.41, 5.74) is 0.854. The van der Waals surface area contributed by atoms with E-state index < -0.39 is 17.1 Å². The molecule has 0 unspecified atom stereocenters. The zero-order valence-corrected chi connectivity index (χ0v) is 18.5. The van der Waals surface area contributed by atoms with Gasteiger partial charge in [-0.25, -0.2) is 0 Å². The summed E-state index contributed by atoms with van der Waals surface area (Å²) in [5.74, 6) is -1.30. The van der Waals surface area contributed by atoms with Gasteiger partial charge in [-0.1, -0.05) is 53.5 Å². The molecule has 5 heteroatoms. The largest absolute Gasteiger partial charge is 0.354 e. The van der Waals surface area contributed by atoms with E-state index in [-0.39, 0.29) is 17.5 Å². The third-order valence-electron chi connectivity index (χ3n) is 5.87. The highest BCUT2D eigenvalue weighted by Crippen LogP contribution is 2.53. The third-order valence-corrected chi connectivity index (χ3v) is 6.59. The molecule has 4 rings (SSSR count). The van der Waals surface area contributed by atoms with Crippen molar-refractivity contribution >= 4 is 34.8 Å². The van der Waals surface area contributed by atoms with Crippen molar-refractivity contribution in [2.24, 2.45) is 0 Å². The molecular weight excluding hydrogens is 407 g/mol. The van der Waals surface area contributed by atoms with Crippen molar-refractivity contribution in [2.75, 3.05) is 0 Å². The summed E-state index contributed by atoms with van der Waals surface area (Å²) in [6.45, 7) is 6.85. The Kier molecular flexibility index (Phi) is 4.92. The van der Waals surface area contributed by atoms with E-state index in [1.54, 1.807) is 27.7 Å². The molecule has 0 radical (unpaired) electrons. The van der Waals surface area contributed by atoms with Gasteiger partial charge >= 0.3 is 0 Å². The van der Waals surface area contributed by atoms with Crippen LogP contribution in [0.4, 0.5) is 0 Å². The molecule has 2 aromatic rings. The van der Waals surface area contributed by atoms with Crippen LogP contribution < -0.4 is 0 Å². The number of carbonyl (C=O) groups excluding carboxylic acids is 2. The van der Waals surface area contributed by atoms with Crippen LogP contribution in [0, 0.1) is 0 Å². The second-order valence-electron chi connectivity index (χ2n) is 8.97. The zero-order chi connectivity index (χ0) is 21.1. The molecule has 1 aliphatic heterocycles. The van der Waals surface area contributed by atoms with Crippen LogP contribution in [0.15, 0.2) is 36.4 Å². The minimum atomic E-state index is -1.10. The summed E-state index contributed by atoms with van der Waals surface area (Å²) >= 11 is 13.7. The highest BCUT2D eigenvalue weighted by atomic mass is 35.5. The fourth-order valence-electron chi connectivity index (χ4n) is 4.37. The minimum absolute atomic E-state index is 0.231. The predicted octanol–water partition coefficient (Wildman–Crippen LogP) is 6.35. The first-order chi connectivity index (χ1) is 13.5. The van der Waals surface area contributed by atoms with Crippen LogP contribution in [0.2, 0.25) is 10.0 Å². The first-order valence-corrected chi connectivity index (χ1v) is 10.7. The van der Waals surface area contributed by atoms with Crippen molar-refractivity contribution in [1.82, 2.24) is 0 Å². The van der Waals surface area contributed by atoms with E-state index in [0.717, 1.165) is 29.5 Å². The summed E-state index contributed by atoms with van der Waals surface area (Å²) in [6.07, 6.45) is 1.96. The van der Waals surface area contributed by atoms with Gasteiger partial charge in [-0.3, -0.25) is 9.59 Å². The average Bonchev–Trinajstić information content (AvgIpc) is 3.48. The van der Waals surface area contributed by atoms with Crippen LogP contribution in [0.25, 0.3) is 11.1 Å². The molecule has 1 saturated heterocycles. The van der Waals surface area contributed by atoms with E-state index in [4.69, 9.17) is 27.9 Å². The van der Waals surface area contributed by atoms with Gasteiger partial charge in [0.05, 0.1) is 5.02 Å². The van der Waals surface area contributed by atoms with Gasteiger partial charge in [0.15, 0.2) is 11.6 Å². The van der Waals surface area contributed by atoms with Gasteiger partial charge in [-0.15, -0.1) is 0 Å². The molecule has 0 spiro atoms. The summed E-state index contributed by atoms with van der Waals surface area (Å²) < 4.78 is 5.86. The van der Waals surface area contributed by atoms with Gasteiger partial charge < -0.3 is 4.74 Å². The minimum Gasteiger partial charge on any atom is -0.354 e. The summed E-state index contributed by atoms with van der Waals surface area (Å²) in [6, 6.07) is 11.5. The number of carbonyl (C=O) groups is 2. The standard InChI is InChI=1S/C24H24Cl2O3/c1-23(2)21(27)19(22(28)24(3,4)29-23)18-17(14-10-11-14)16(25)12-15(20(18)26)13-8-6-5-7-9-13/h5-9,12,14,19H,10-11H2,1-4H3. The van der Waals surface area contributed by atoms with Crippen molar-refractivity contribution in [2.45, 2.75) is 63.6 Å². The van der Waals surface area contributed by atoms with Crippen LogP contribution in [-0.4, -0.2) is 22.8 Å². The van der Waals surface area contributed by atoms with E-state index in [9.17, 15) is 9.59 Å². The number of Topliss-reactive ketones (excluding diaryl/α,β-unsaturated/α-hetero) is 2. The van der Waals surface area contributed by atoms with Crippen LogP contribution in [0.1, 0.15) is 63.5 Å². The maximum atomic E-state index is 13.4. The summed E-state index contributed by atoms with van der Waals surface area (Å²) in [7, 11) is 0. The number of rotatable bonds is 3. The Morgan fingerprint density at radius 3 is 1.97 bits per heavy atom. The molecule has 152 valence electrons. The number of benzene rings is 2. The number of hydrogen-bond donors (Lipinski definition) is 0. The summed E-state index contributed by atoms with van der Waals surface area (Å²) in [5, 5.41) is 0.996. The van der Waals surface area contributed by atoms with Crippen molar-refractivity contribution in [3.8, 4) is 11.1 Å². The van der Waals surface area contributed by atoms with Gasteiger partial charge in [-0.05, 0) is 69.2 Å². The smallest absolute Gasteiger partial charge is 0.179 e. The zero-order valence-electron chi connectivity index (χ0n) is 17.0. The molecule has 0 atom stereocenters. The highest BCUT2D eigenvalue weighted by Gasteiger charge is 2.54. The Morgan fingerprint density at radius 1 is 0.897 bits per heavy atom. The van der Waals surface area contributed by atoms with E-state index >= 15 is 0 Å². The molecule has 2 aromatic carbocycles. The third kappa shape index (κ3) is 3.43. The molecule has 0 bridgehead atoms. The molecule has 29 heavy (non-hydrogen) atoms. The molecule has 0 aromatic heterocycles. The van der Waals surface area contributed by atoms with Gasteiger partial charge in [0.2, 0.25) is 0 Å². The normalized spacial score (nSPS) is 21.4. The maximum absolute atomic E-state index is 13.4. The van der Waals surface area contributed by atoms with Crippen LogP contribution in [0.3, 0.4) is 0 Å². The Morgan fingerprint density at radius 2 is 1.45 bits per heavy atom. The van der Waals surface area contributed by atoms with Gasteiger partial charge in [0, 0.05) is 10.6 Å². The predicted molar refractivity (Wildman–Crippen MR) is 116 cm³/mol. The molecular formula is C24H24Cl2O3. The molecule has 0 N–H and O–H groups in total. The second kappa shape index (κ2) is 6.94. The van der Waals surface area contributed by atoms with Gasteiger partial charge in [0.1, 0.15) is 17.1 Å². The molecule has 1 saturated carbocycles. The number of ether oxygens (including phenoxy) is 1. The van der Waals surface area contributed by atoms with E-state index in [2.05, 4.69) is 0 Å². The average molecular weight is 431 g/mol. The Bertz CT molecular complexity index is 979.